The van der Waals surface area contributed by atoms with Gasteiger partial charge in [-0.3, -0.25) is 0 Å². The minimum Gasteiger partial charge on any atom is -0.394 e. The van der Waals surface area contributed by atoms with Gasteiger partial charge in [0.1, 0.15) is 5.01 Å². The molecular formula is C13H16N2OS. The number of aromatic nitrogens is 1. The van der Waals surface area contributed by atoms with Gasteiger partial charge in [-0.15, -0.1) is 11.3 Å². The van der Waals surface area contributed by atoms with E-state index in [9.17, 15) is 5.11 Å². The normalized spacial score (nSPS) is 12.6. The summed E-state index contributed by atoms with van der Waals surface area (Å²) in [5.74, 6) is 0. The van der Waals surface area contributed by atoms with Crippen LogP contribution in [-0.4, -0.2) is 16.7 Å². The first-order valence-electron chi connectivity index (χ1n) is 5.60. The van der Waals surface area contributed by atoms with Crippen LogP contribution >= 0.6 is 11.3 Å². The molecule has 1 heterocycles. The largest absolute Gasteiger partial charge is 0.394 e. The van der Waals surface area contributed by atoms with Crippen molar-refractivity contribution in [1.82, 2.24) is 10.3 Å². The van der Waals surface area contributed by atoms with Crippen LogP contribution in [-0.2, 0) is 6.54 Å². The molecule has 2 N–H and O–H groups in total. The van der Waals surface area contributed by atoms with E-state index in [1.54, 1.807) is 11.3 Å². The van der Waals surface area contributed by atoms with Gasteiger partial charge in [0.15, 0.2) is 0 Å². The summed E-state index contributed by atoms with van der Waals surface area (Å²) in [6, 6.07) is 10.1. The SMILES string of the molecule is Cc1csc(C(CO)NCc2ccccc2)n1. The van der Waals surface area contributed by atoms with Gasteiger partial charge in [0.2, 0.25) is 0 Å². The fourth-order valence-electron chi connectivity index (χ4n) is 1.60. The number of aliphatic hydroxyl groups excluding tert-OH is 1. The Morgan fingerprint density at radius 1 is 1.35 bits per heavy atom. The Morgan fingerprint density at radius 3 is 2.71 bits per heavy atom. The van der Waals surface area contributed by atoms with Gasteiger partial charge in [-0.05, 0) is 12.5 Å². The van der Waals surface area contributed by atoms with E-state index >= 15 is 0 Å². The summed E-state index contributed by atoms with van der Waals surface area (Å²) in [7, 11) is 0. The van der Waals surface area contributed by atoms with Crippen molar-refractivity contribution in [2.45, 2.75) is 19.5 Å². The molecule has 1 atom stereocenters. The molecule has 2 rings (SSSR count). The predicted molar refractivity (Wildman–Crippen MR) is 70.0 cm³/mol. The lowest BCUT2D eigenvalue weighted by molar-refractivity contribution is 0.243. The van der Waals surface area contributed by atoms with Crippen molar-refractivity contribution in [3.8, 4) is 0 Å². The summed E-state index contributed by atoms with van der Waals surface area (Å²) >= 11 is 1.58. The van der Waals surface area contributed by atoms with Gasteiger partial charge < -0.3 is 10.4 Å². The topological polar surface area (TPSA) is 45.1 Å². The lowest BCUT2D eigenvalue weighted by atomic mass is 10.2. The quantitative estimate of drug-likeness (QED) is 0.853. The van der Waals surface area contributed by atoms with Crippen molar-refractivity contribution < 1.29 is 5.11 Å². The van der Waals surface area contributed by atoms with E-state index in [-0.39, 0.29) is 12.6 Å². The third-order valence-electron chi connectivity index (χ3n) is 2.51. The molecule has 1 unspecified atom stereocenters. The third kappa shape index (κ3) is 3.36. The molecule has 0 saturated carbocycles. The number of thiazole rings is 1. The Balaban J connectivity index is 1.97. The summed E-state index contributed by atoms with van der Waals surface area (Å²) in [6.45, 7) is 2.77. The third-order valence-corrected chi connectivity index (χ3v) is 3.59. The Morgan fingerprint density at radius 2 is 2.12 bits per heavy atom. The smallest absolute Gasteiger partial charge is 0.112 e. The van der Waals surface area contributed by atoms with E-state index in [0.29, 0.717) is 0 Å². The summed E-state index contributed by atoms with van der Waals surface area (Å²) in [5.41, 5.74) is 2.21. The number of hydrogen-bond donors (Lipinski definition) is 2. The van der Waals surface area contributed by atoms with Crippen molar-refractivity contribution >= 4 is 11.3 Å². The minimum atomic E-state index is -0.0751. The van der Waals surface area contributed by atoms with Crippen molar-refractivity contribution in [2.24, 2.45) is 0 Å². The van der Waals surface area contributed by atoms with Crippen molar-refractivity contribution in [3.05, 3.63) is 52.0 Å². The van der Waals surface area contributed by atoms with Gasteiger partial charge in [-0.2, -0.15) is 0 Å². The zero-order valence-electron chi connectivity index (χ0n) is 9.76. The first-order chi connectivity index (χ1) is 8.29. The molecule has 0 aliphatic heterocycles. The fourth-order valence-corrected chi connectivity index (χ4v) is 2.46. The molecule has 0 aliphatic carbocycles. The van der Waals surface area contributed by atoms with E-state index in [0.717, 1.165) is 17.2 Å². The molecular weight excluding hydrogens is 232 g/mol. The van der Waals surface area contributed by atoms with E-state index in [1.807, 2.05) is 30.5 Å². The summed E-state index contributed by atoms with van der Waals surface area (Å²) < 4.78 is 0. The molecule has 0 bridgehead atoms. The van der Waals surface area contributed by atoms with E-state index < -0.39 is 0 Å². The van der Waals surface area contributed by atoms with Gasteiger partial charge in [-0.25, -0.2) is 4.98 Å². The Bertz CT molecular complexity index is 455. The average molecular weight is 248 g/mol. The van der Waals surface area contributed by atoms with Crippen LogP contribution in [0.1, 0.15) is 22.3 Å². The summed E-state index contributed by atoms with van der Waals surface area (Å²) in [6.07, 6.45) is 0. The van der Waals surface area contributed by atoms with Crippen molar-refractivity contribution in [1.29, 1.82) is 0 Å². The molecule has 0 amide bonds. The highest BCUT2D eigenvalue weighted by atomic mass is 32.1. The maximum absolute atomic E-state index is 9.37. The van der Waals surface area contributed by atoms with Gasteiger partial charge in [0.05, 0.1) is 12.6 Å². The molecule has 2 aromatic rings. The summed E-state index contributed by atoms with van der Waals surface area (Å²) in [5, 5.41) is 15.6. The number of aliphatic hydroxyl groups is 1. The molecule has 0 spiro atoms. The van der Waals surface area contributed by atoms with Crippen LogP contribution in [0, 0.1) is 6.92 Å². The molecule has 0 saturated heterocycles. The molecule has 1 aromatic carbocycles. The maximum Gasteiger partial charge on any atom is 0.112 e. The number of nitrogens with one attached hydrogen (secondary N) is 1. The zero-order valence-corrected chi connectivity index (χ0v) is 10.6. The number of benzene rings is 1. The predicted octanol–water partition coefficient (Wildman–Crippen LogP) is 2.27. The Labute approximate surface area is 105 Å². The fraction of sp³-hybridized carbons (Fsp3) is 0.308. The first kappa shape index (κ1) is 12.2. The van der Waals surface area contributed by atoms with Gasteiger partial charge in [0, 0.05) is 17.6 Å². The van der Waals surface area contributed by atoms with Crippen LogP contribution in [0.25, 0.3) is 0 Å². The van der Waals surface area contributed by atoms with Crippen LogP contribution in [0.5, 0.6) is 0 Å². The number of aryl methyl sites for hydroxylation is 1. The van der Waals surface area contributed by atoms with Crippen molar-refractivity contribution in [3.63, 3.8) is 0 Å². The van der Waals surface area contributed by atoms with E-state index in [4.69, 9.17) is 0 Å². The molecule has 0 fully saturated rings. The highest BCUT2D eigenvalue weighted by Gasteiger charge is 2.12. The van der Waals surface area contributed by atoms with E-state index in [1.165, 1.54) is 5.56 Å². The van der Waals surface area contributed by atoms with Gasteiger partial charge >= 0.3 is 0 Å². The lowest BCUT2D eigenvalue weighted by Crippen LogP contribution is -2.23. The maximum atomic E-state index is 9.37. The molecule has 90 valence electrons. The molecule has 4 heteroatoms. The van der Waals surface area contributed by atoms with Crippen LogP contribution in [0.4, 0.5) is 0 Å². The zero-order chi connectivity index (χ0) is 12.1. The molecule has 0 radical (unpaired) electrons. The standard InChI is InChI=1S/C13H16N2OS/c1-10-9-17-13(15-10)12(8-16)14-7-11-5-3-2-4-6-11/h2-6,9,12,14,16H,7-8H2,1H3. The highest BCUT2D eigenvalue weighted by Crippen LogP contribution is 2.18. The van der Waals surface area contributed by atoms with E-state index in [2.05, 4.69) is 22.4 Å². The van der Waals surface area contributed by atoms with Crippen LogP contribution in [0.15, 0.2) is 35.7 Å². The lowest BCUT2D eigenvalue weighted by Gasteiger charge is -2.13. The average Bonchev–Trinajstić information content (AvgIpc) is 2.78. The molecule has 0 aliphatic rings. The molecule has 17 heavy (non-hydrogen) atoms. The second-order valence-corrected chi connectivity index (χ2v) is 4.82. The second-order valence-electron chi connectivity index (χ2n) is 3.93. The van der Waals surface area contributed by atoms with Crippen molar-refractivity contribution in [2.75, 3.05) is 6.61 Å². The second kappa shape index (κ2) is 5.91. The first-order valence-corrected chi connectivity index (χ1v) is 6.47. The number of nitrogens with zero attached hydrogens (tertiary/aromatic N) is 1. The monoisotopic (exact) mass is 248 g/mol. The Hall–Kier alpha value is -1.23. The van der Waals surface area contributed by atoms with Gasteiger partial charge in [0.25, 0.3) is 0 Å². The molecule has 1 aromatic heterocycles. The van der Waals surface area contributed by atoms with Crippen LogP contribution < -0.4 is 5.32 Å². The molecule has 3 nitrogen and oxygen atoms in total. The highest BCUT2D eigenvalue weighted by molar-refractivity contribution is 7.09. The van der Waals surface area contributed by atoms with Crippen LogP contribution in [0.3, 0.4) is 0 Å². The minimum absolute atomic E-state index is 0.0692. The Kier molecular flexibility index (Phi) is 4.25. The summed E-state index contributed by atoms with van der Waals surface area (Å²) in [4.78, 5) is 4.39. The van der Waals surface area contributed by atoms with Crippen LogP contribution in [0.2, 0.25) is 0 Å². The van der Waals surface area contributed by atoms with Gasteiger partial charge in [-0.1, -0.05) is 30.3 Å². The number of rotatable bonds is 5. The number of hydrogen-bond acceptors (Lipinski definition) is 4.